The Morgan fingerprint density at radius 1 is 1.16 bits per heavy atom. The molecular formula is C14H11Cl2N5O4+2. The van der Waals surface area contributed by atoms with E-state index in [0.29, 0.717) is 5.69 Å². The zero-order valence-corrected chi connectivity index (χ0v) is 14.5. The molecule has 11 heteroatoms. The van der Waals surface area contributed by atoms with Gasteiger partial charge >= 0.3 is 5.69 Å². The molecule has 0 fully saturated rings. The SMILES string of the molecule is COc1cc([N+]#N)c(OC)cc1N=[NH+]c1c(Cl)cc([N+](=O)[O-])cc1Cl. The van der Waals surface area contributed by atoms with Crippen molar-refractivity contribution in [2.24, 2.45) is 5.11 Å². The predicted molar refractivity (Wildman–Crippen MR) is 90.1 cm³/mol. The van der Waals surface area contributed by atoms with Crippen LogP contribution in [0.5, 0.6) is 11.5 Å². The van der Waals surface area contributed by atoms with Gasteiger partial charge in [-0.1, -0.05) is 28.3 Å². The number of nitrogens with one attached hydrogen (secondary N) is 1. The van der Waals surface area contributed by atoms with Crippen LogP contribution in [0.3, 0.4) is 0 Å². The van der Waals surface area contributed by atoms with Crippen molar-refractivity contribution < 1.29 is 19.5 Å². The van der Waals surface area contributed by atoms with E-state index >= 15 is 0 Å². The van der Waals surface area contributed by atoms with Crippen molar-refractivity contribution in [1.29, 1.82) is 5.39 Å². The molecule has 0 unspecified atom stereocenters. The van der Waals surface area contributed by atoms with Crippen molar-refractivity contribution in [3.05, 3.63) is 49.4 Å². The van der Waals surface area contributed by atoms with Crippen molar-refractivity contribution in [2.75, 3.05) is 14.2 Å². The Morgan fingerprint density at radius 3 is 2.24 bits per heavy atom. The molecule has 0 saturated heterocycles. The molecule has 0 aliphatic heterocycles. The standard InChI is InChI=1S/C14H10Cl2N5O4/c1-24-12-6-11(13(25-2)5-10(12)18-17)19-20-14-8(15)3-7(21(22)23)4-9(14)16/h3-6H,1-2H3/q+1/p+1. The zero-order chi connectivity index (χ0) is 18.6. The first kappa shape index (κ1) is 18.4. The fourth-order valence-electron chi connectivity index (χ4n) is 1.92. The molecule has 0 amide bonds. The van der Waals surface area contributed by atoms with E-state index in [0.717, 1.165) is 12.1 Å². The van der Waals surface area contributed by atoms with Crippen molar-refractivity contribution in [2.45, 2.75) is 0 Å². The summed E-state index contributed by atoms with van der Waals surface area (Å²) in [5.74, 6) is 0.542. The van der Waals surface area contributed by atoms with Crippen LogP contribution < -0.4 is 14.6 Å². The van der Waals surface area contributed by atoms with Crippen molar-refractivity contribution in [3.63, 3.8) is 0 Å². The molecule has 0 aromatic heterocycles. The Bertz CT molecular complexity index is 888. The Balaban J connectivity index is 2.50. The summed E-state index contributed by atoms with van der Waals surface area (Å²) in [4.78, 5) is 13.3. The van der Waals surface area contributed by atoms with Gasteiger partial charge in [-0.25, -0.2) is 0 Å². The van der Waals surface area contributed by atoms with Gasteiger partial charge in [0.2, 0.25) is 11.1 Å². The number of rotatable bonds is 5. The van der Waals surface area contributed by atoms with Crippen LogP contribution in [0, 0.1) is 15.5 Å². The average molecular weight is 384 g/mol. The summed E-state index contributed by atoms with van der Waals surface area (Å²) in [6.45, 7) is 0. The van der Waals surface area contributed by atoms with Crippen LogP contribution in [0.1, 0.15) is 0 Å². The Labute approximate surface area is 151 Å². The molecule has 0 aliphatic rings. The van der Waals surface area contributed by atoms with E-state index < -0.39 is 4.92 Å². The maximum Gasteiger partial charge on any atom is 0.430 e. The number of non-ortho nitro benzene ring substituents is 1. The van der Waals surface area contributed by atoms with E-state index in [4.69, 9.17) is 38.1 Å². The number of nitrogens with zero attached hydrogens (tertiary/aromatic N) is 4. The quantitative estimate of drug-likeness (QED) is 0.363. The second-order valence-electron chi connectivity index (χ2n) is 4.56. The normalized spacial score (nSPS) is 10.5. The van der Waals surface area contributed by atoms with Gasteiger partial charge in [0.05, 0.1) is 25.2 Å². The number of hydrogen-bond acceptors (Lipinski definition) is 6. The summed E-state index contributed by atoms with van der Waals surface area (Å²) < 4.78 is 10.3. The molecule has 2 rings (SSSR count). The highest BCUT2D eigenvalue weighted by Gasteiger charge is 2.22. The maximum atomic E-state index is 10.8. The largest absolute Gasteiger partial charge is 0.494 e. The van der Waals surface area contributed by atoms with Gasteiger partial charge in [-0.05, 0) is 0 Å². The first-order valence-corrected chi connectivity index (χ1v) is 7.38. The fraction of sp³-hybridized carbons (Fsp3) is 0.143. The lowest BCUT2D eigenvalue weighted by atomic mass is 10.2. The highest BCUT2D eigenvalue weighted by atomic mass is 35.5. The smallest absolute Gasteiger partial charge is 0.430 e. The highest BCUT2D eigenvalue weighted by molar-refractivity contribution is 6.38. The lowest BCUT2D eigenvalue weighted by Gasteiger charge is -2.02. The molecule has 0 aliphatic carbocycles. The number of halogens is 2. The first-order valence-electron chi connectivity index (χ1n) is 6.62. The number of methoxy groups -OCH3 is 2. The minimum atomic E-state index is -0.607. The van der Waals surface area contributed by atoms with Gasteiger partial charge in [0.1, 0.15) is 10.0 Å². The topological polar surface area (TPSA) is 116 Å². The molecule has 1 N–H and O–H groups in total. The molecule has 2 aromatic rings. The van der Waals surface area contributed by atoms with E-state index in [2.05, 4.69) is 15.2 Å². The monoisotopic (exact) mass is 383 g/mol. The summed E-state index contributed by atoms with van der Waals surface area (Å²) in [6, 6.07) is 5.18. The number of nitro groups is 1. The van der Waals surface area contributed by atoms with Gasteiger partial charge in [-0.15, -0.1) is 0 Å². The molecule has 25 heavy (non-hydrogen) atoms. The molecule has 0 bridgehead atoms. The Hall–Kier alpha value is -2.96. The van der Waals surface area contributed by atoms with Crippen molar-refractivity contribution in [1.82, 2.24) is 0 Å². The van der Waals surface area contributed by atoms with Crippen LogP contribution in [-0.2, 0) is 0 Å². The molecule has 0 atom stereocenters. The number of diazo groups is 1. The second-order valence-corrected chi connectivity index (χ2v) is 5.38. The van der Waals surface area contributed by atoms with E-state index in [1.54, 1.807) is 0 Å². The molecule has 0 spiro atoms. The van der Waals surface area contributed by atoms with Gasteiger partial charge in [0.15, 0.2) is 16.4 Å². The molecule has 0 radical (unpaired) electrons. The van der Waals surface area contributed by atoms with Crippen LogP contribution in [0.15, 0.2) is 29.4 Å². The van der Waals surface area contributed by atoms with E-state index in [1.165, 1.54) is 26.4 Å². The van der Waals surface area contributed by atoms with E-state index in [1.807, 2.05) is 0 Å². The van der Waals surface area contributed by atoms with Crippen LogP contribution in [0.25, 0.3) is 4.98 Å². The number of azo groups is 1. The lowest BCUT2D eigenvalue weighted by molar-refractivity contribution is -0.433. The zero-order valence-electron chi connectivity index (χ0n) is 13.0. The summed E-state index contributed by atoms with van der Waals surface area (Å²) in [5, 5.41) is 26.6. The van der Waals surface area contributed by atoms with Gasteiger partial charge < -0.3 is 9.47 Å². The van der Waals surface area contributed by atoms with Crippen LogP contribution >= 0.6 is 23.2 Å². The van der Waals surface area contributed by atoms with Crippen LogP contribution in [-0.4, -0.2) is 19.1 Å². The maximum absolute atomic E-state index is 10.8. The molecule has 128 valence electrons. The average Bonchev–Trinajstić information content (AvgIpc) is 2.59. The predicted octanol–water partition coefficient (Wildman–Crippen LogP) is 3.90. The molecule has 2 aromatic carbocycles. The van der Waals surface area contributed by atoms with Gasteiger partial charge in [0, 0.05) is 23.3 Å². The molecular weight excluding hydrogens is 373 g/mol. The molecule has 0 saturated carbocycles. The third-order valence-electron chi connectivity index (χ3n) is 3.11. The first-order chi connectivity index (χ1) is 11.9. The summed E-state index contributed by atoms with van der Waals surface area (Å²) in [5.41, 5.74) is 0.404. The third kappa shape index (κ3) is 3.93. The summed E-state index contributed by atoms with van der Waals surface area (Å²) in [7, 11) is 2.81. The van der Waals surface area contributed by atoms with Gasteiger partial charge in [-0.3, -0.25) is 10.1 Å². The second kappa shape index (κ2) is 7.74. The van der Waals surface area contributed by atoms with E-state index in [9.17, 15) is 10.1 Å². The van der Waals surface area contributed by atoms with Crippen LogP contribution in [0.4, 0.5) is 22.7 Å². The summed E-state index contributed by atoms with van der Waals surface area (Å²) >= 11 is 12.0. The lowest BCUT2D eigenvalue weighted by Crippen LogP contribution is -2.57. The Morgan fingerprint density at radius 2 is 1.76 bits per heavy atom. The van der Waals surface area contributed by atoms with Gasteiger partial charge in [-0.2, -0.15) is 0 Å². The van der Waals surface area contributed by atoms with Crippen molar-refractivity contribution in [3.8, 4) is 11.5 Å². The Kier molecular flexibility index (Phi) is 5.69. The summed E-state index contributed by atoms with van der Waals surface area (Å²) in [6.07, 6.45) is 0. The minimum absolute atomic E-state index is 0.0239. The number of nitro benzene ring substituents is 1. The van der Waals surface area contributed by atoms with Crippen molar-refractivity contribution >= 4 is 46.0 Å². The number of hydrogen-bond donors (Lipinski definition) is 1. The van der Waals surface area contributed by atoms with Gasteiger partial charge in [0.25, 0.3) is 11.4 Å². The molecule has 9 nitrogen and oxygen atoms in total. The highest BCUT2D eigenvalue weighted by Crippen LogP contribution is 2.39. The number of ether oxygens (including phenoxy) is 2. The van der Waals surface area contributed by atoms with E-state index in [-0.39, 0.29) is 38.6 Å². The fourth-order valence-corrected chi connectivity index (χ4v) is 2.48. The number of benzene rings is 2. The third-order valence-corrected chi connectivity index (χ3v) is 3.71. The van der Waals surface area contributed by atoms with Crippen LogP contribution in [0.2, 0.25) is 10.0 Å². The minimum Gasteiger partial charge on any atom is -0.494 e. The molecule has 0 heterocycles.